The number of nitrogens with zero attached hydrogens (tertiary/aromatic N) is 4. The van der Waals surface area contributed by atoms with Gasteiger partial charge in [0.15, 0.2) is 16.0 Å². The molecule has 0 saturated carbocycles. The average molecular weight is 481 g/mol. The summed E-state index contributed by atoms with van der Waals surface area (Å²) in [5.41, 5.74) is 0.557. The van der Waals surface area contributed by atoms with Gasteiger partial charge in [0.2, 0.25) is 0 Å². The monoisotopic (exact) mass is 480 g/mol. The summed E-state index contributed by atoms with van der Waals surface area (Å²) < 4.78 is 15.7. The van der Waals surface area contributed by atoms with E-state index in [1.807, 2.05) is 0 Å². The Bertz CT molecular complexity index is 1280. The van der Waals surface area contributed by atoms with E-state index < -0.39 is 11.5 Å². The number of H-pyrrole nitrogens is 1. The lowest BCUT2D eigenvalue weighted by Gasteiger charge is -2.20. The van der Waals surface area contributed by atoms with Crippen LogP contribution in [0, 0.1) is 17.7 Å². The number of amides is 1. The minimum absolute atomic E-state index is 0.00941. The van der Waals surface area contributed by atoms with Crippen LogP contribution in [-0.2, 0) is 6.42 Å². The maximum atomic E-state index is 14.6. The Labute approximate surface area is 191 Å². The van der Waals surface area contributed by atoms with E-state index in [-0.39, 0.29) is 58.3 Å². The molecule has 2 aromatic heterocycles. The maximum absolute atomic E-state index is 14.6. The molecule has 2 aliphatic rings. The van der Waals surface area contributed by atoms with Gasteiger partial charge in [-0.1, -0.05) is 29.3 Å². The van der Waals surface area contributed by atoms with Crippen LogP contribution < -0.4 is 11.0 Å². The minimum Gasteiger partial charge on any atom is -0.395 e. The standard InChI is InChI=1S/C20H19Cl2FN6O3/c21-16-17(22)29-18(25-16)14(26-27-20(29)32)4-9-1-2-13(23)11(3-9)19(31)28-6-10-5-24-15(8-30)12(10)7-28/h1-3,10,12,15,24,30H,4-8H2,(H,27,32). The van der Waals surface area contributed by atoms with Crippen LogP contribution in [0.3, 0.4) is 0 Å². The largest absolute Gasteiger partial charge is 0.395 e. The Kier molecular flexibility index (Phi) is 5.40. The third-order valence-electron chi connectivity index (χ3n) is 6.30. The number of aromatic nitrogens is 4. The number of likely N-dealkylation sites (tertiary alicyclic amines) is 1. The SMILES string of the molecule is O=C(c1cc(Cc2n[nH]c(=O)n3c(Cl)c(Cl)nc23)ccc1F)N1CC2CNC(CO)C2C1. The van der Waals surface area contributed by atoms with Gasteiger partial charge in [0, 0.05) is 32.1 Å². The summed E-state index contributed by atoms with van der Waals surface area (Å²) >= 11 is 12.0. The fraction of sp³-hybridized carbons (Fsp3) is 0.400. The van der Waals surface area contributed by atoms with Crippen molar-refractivity contribution >= 4 is 34.8 Å². The fourth-order valence-electron chi connectivity index (χ4n) is 4.69. The van der Waals surface area contributed by atoms with Crippen molar-refractivity contribution < 1.29 is 14.3 Å². The molecule has 3 atom stereocenters. The summed E-state index contributed by atoms with van der Waals surface area (Å²) in [5, 5.41) is 19.1. The van der Waals surface area contributed by atoms with Crippen molar-refractivity contribution in [2.75, 3.05) is 26.2 Å². The minimum atomic E-state index is -0.612. The highest BCUT2D eigenvalue weighted by Gasteiger charge is 2.44. The predicted octanol–water partition coefficient (Wildman–Crippen LogP) is 1.11. The highest BCUT2D eigenvalue weighted by atomic mass is 35.5. The quantitative estimate of drug-likeness (QED) is 0.515. The molecule has 2 aliphatic heterocycles. The summed E-state index contributed by atoms with van der Waals surface area (Å²) in [6.45, 7) is 1.73. The van der Waals surface area contributed by atoms with Gasteiger partial charge in [0.1, 0.15) is 11.5 Å². The number of hydrogen-bond donors (Lipinski definition) is 3. The molecule has 0 bridgehead atoms. The Balaban J connectivity index is 1.42. The number of carbonyl (C=O) groups excluding carboxylic acids is 1. The van der Waals surface area contributed by atoms with Gasteiger partial charge in [0.25, 0.3) is 5.91 Å². The molecule has 12 heteroatoms. The second-order valence-electron chi connectivity index (χ2n) is 8.15. The number of aromatic amines is 1. The van der Waals surface area contributed by atoms with Crippen molar-refractivity contribution in [3.63, 3.8) is 0 Å². The highest BCUT2D eigenvalue weighted by Crippen LogP contribution is 2.32. The number of fused-ring (bicyclic) bond motifs is 2. The van der Waals surface area contributed by atoms with Crippen molar-refractivity contribution in [1.29, 1.82) is 0 Å². The molecule has 1 amide bonds. The summed E-state index contributed by atoms with van der Waals surface area (Å²) in [6, 6.07) is 4.23. The highest BCUT2D eigenvalue weighted by molar-refractivity contribution is 6.40. The topological polar surface area (TPSA) is 116 Å². The molecule has 3 aromatic rings. The lowest BCUT2D eigenvalue weighted by Crippen LogP contribution is -2.37. The van der Waals surface area contributed by atoms with E-state index in [1.165, 1.54) is 12.1 Å². The summed E-state index contributed by atoms with van der Waals surface area (Å²) in [4.78, 5) is 30.9. The number of nitrogens with one attached hydrogen (secondary N) is 2. The molecule has 4 heterocycles. The molecule has 3 N–H and O–H groups in total. The first-order chi connectivity index (χ1) is 15.4. The first-order valence-electron chi connectivity index (χ1n) is 10.1. The van der Waals surface area contributed by atoms with E-state index in [1.54, 1.807) is 11.0 Å². The third kappa shape index (κ3) is 3.47. The summed E-state index contributed by atoms with van der Waals surface area (Å²) in [5.74, 6) is -0.597. The van der Waals surface area contributed by atoms with Gasteiger partial charge in [-0.15, -0.1) is 0 Å². The maximum Gasteiger partial charge on any atom is 0.348 e. The van der Waals surface area contributed by atoms with Crippen LogP contribution in [0.2, 0.25) is 10.3 Å². The Morgan fingerprint density at radius 1 is 1.31 bits per heavy atom. The van der Waals surface area contributed by atoms with Crippen molar-refractivity contribution in [2.45, 2.75) is 12.5 Å². The molecule has 168 valence electrons. The molecule has 5 rings (SSSR count). The molecule has 3 unspecified atom stereocenters. The Morgan fingerprint density at radius 3 is 2.91 bits per heavy atom. The molecule has 0 radical (unpaired) electrons. The number of hydrogen-bond acceptors (Lipinski definition) is 6. The Hall–Kier alpha value is -2.53. The van der Waals surface area contributed by atoms with Crippen LogP contribution in [0.4, 0.5) is 4.39 Å². The molecule has 2 fully saturated rings. The normalized spacial score (nSPS) is 22.6. The second kappa shape index (κ2) is 8.11. The zero-order chi connectivity index (χ0) is 22.6. The van der Waals surface area contributed by atoms with Crippen molar-refractivity contribution in [2.24, 2.45) is 11.8 Å². The van der Waals surface area contributed by atoms with E-state index in [2.05, 4.69) is 20.5 Å². The number of rotatable bonds is 4. The van der Waals surface area contributed by atoms with Gasteiger partial charge in [-0.25, -0.2) is 23.7 Å². The number of carbonyl (C=O) groups is 1. The number of aliphatic hydroxyl groups excluding tert-OH is 1. The molecule has 1 aromatic carbocycles. The van der Waals surface area contributed by atoms with Crippen LogP contribution in [0.1, 0.15) is 21.6 Å². The number of benzene rings is 1. The van der Waals surface area contributed by atoms with Crippen LogP contribution in [-0.4, -0.2) is 67.8 Å². The second-order valence-corrected chi connectivity index (χ2v) is 8.87. The Morgan fingerprint density at radius 2 is 2.12 bits per heavy atom. The van der Waals surface area contributed by atoms with E-state index in [9.17, 15) is 19.1 Å². The summed E-state index contributed by atoms with van der Waals surface area (Å²) in [7, 11) is 0. The van der Waals surface area contributed by atoms with E-state index >= 15 is 0 Å². The number of aliphatic hydroxyl groups is 1. The molecule has 0 spiro atoms. The van der Waals surface area contributed by atoms with Gasteiger partial charge in [-0.2, -0.15) is 5.10 Å². The van der Waals surface area contributed by atoms with Gasteiger partial charge in [0.05, 0.1) is 12.2 Å². The molecular weight excluding hydrogens is 462 g/mol. The van der Waals surface area contributed by atoms with Crippen LogP contribution in [0.15, 0.2) is 23.0 Å². The number of halogens is 3. The lowest BCUT2D eigenvalue weighted by atomic mass is 9.95. The van der Waals surface area contributed by atoms with Crippen molar-refractivity contribution in [1.82, 2.24) is 29.8 Å². The lowest BCUT2D eigenvalue weighted by molar-refractivity contribution is 0.0770. The van der Waals surface area contributed by atoms with Gasteiger partial charge >= 0.3 is 5.69 Å². The average Bonchev–Trinajstić information content (AvgIpc) is 3.44. The molecule has 2 saturated heterocycles. The third-order valence-corrected chi connectivity index (χ3v) is 7.01. The zero-order valence-electron chi connectivity index (χ0n) is 16.7. The van der Waals surface area contributed by atoms with Crippen molar-refractivity contribution in [3.8, 4) is 0 Å². The van der Waals surface area contributed by atoms with Gasteiger partial charge in [-0.3, -0.25) is 4.79 Å². The molecule has 32 heavy (non-hydrogen) atoms. The van der Waals surface area contributed by atoms with Gasteiger partial charge in [-0.05, 0) is 29.5 Å². The summed E-state index contributed by atoms with van der Waals surface area (Å²) in [6.07, 6.45) is 0.173. The predicted molar refractivity (Wildman–Crippen MR) is 115 cm³/mol. The van der Waals surface area contributed by atoms with Crippen molar-refractivity contribution in [3.05, 3.63) is 61.6 Å². The molecule has 0 aliphatic carbocycles. The fourth-order valence-corrected chi connectivity index (χ4v) is 5.05. The molecular formula is C20H19Cl2FN6O3. The smallest absolute Gasteiger partial charge is 0.348 e. The molecule has 9 nitrogen and oxygen atoms in total. The first kappa shape index (κ1) is 21.3. The zero-order valence-corrected chi connectivity index (χ0v) is 18.2. The van der Waals surface area contributed by atoms with Gasteiger partial charge < -0.3 is 15.3 Å². The van der Waals surface area contributed by atoms with Crippen LogP contribution in [0.5, 0.6) is 0 Å². The van der Waals surface area contributed by atoms with E-state index in [0.717, 1.165) is 10.9 Å². The number of imidazole rings is 1. The van der Waals surface area contributed by atoms with E-state index in [4.69, 9.17) is 23.2 Å². The van der Waals surface area contributed by atoms with Crippen LogP contribution >= 0.6 is 23.2 Å². The first-order valence-corrected chi connectivity index (χ1v) is 10.9. The van der Waals surface area contributed by atoms with Crippen LogP contribution in [0.25, 0.3) is 5.65 Å². The van der Waals surface area contributed by atoms with E-state index in [0.29, 0.717) is 24.3 Å².